The molecule has 0 fully saturated rings. The Kier molecular flexibility index (Phi) is 2.57. The predicted octanol–water partition coefficient (Wildman–Crippen LogP) is 4.60. The van der Waals surface area contributed by atoms with Gasteiger partial charge in [-0.3, -0.25) is 0 Å². The molecule has 1 radical (unpaired) electrons. The molecule has 3 N–H and O–H groups in total. The number of rotatable bonds is 1. The standard InChI is InChI=1S/C18H14N3/c19-13-10-11-16-18(12-13)21(14-6-2-1-3-7-14)17-9-5-4-8-15(17)20-16/h1-4,6-12,20H,19H2. The van der Waals surface area contributed by atoms with Gasteiger partial charge in [-0.05, 0) is 48.5 Å². The second-order valence-electron chi connectivity index (χ2n) is 5.02. The van der Waals surface area contributed by atoms with Crippen molar-refractivity contribution in [3.05, 3.63) is 72.8 Å². The van der Waals surface area contributed by atoms with E-state index >= 15 is 0 Å². The quantitative estimate of drug-likeness (QED) is 0.498. The van der Waals surface area contributed by atoms with Crippen molar-refractivity contribution in [2.45, 2.75) is 0 Å². The number of nitrogens with one attached hydrogen (secondary N) is 1. The average molecular weight is 272 g/mol. The molecule has 3 nitrogen and oxygen atoms in total. The van der Waals surface area contributed by atoms with Crippen LogP contribution in [0.4, 0.5) is 34.1 Å². The lowest BCUT2D eigenvalue weighted by molar-refractivity contribution is 1.25. The molecule has 0 spiro atoms. The fourth-order valence-electron chi connectivity index (χ4n) is 2.68. The van der Waals surface area contributed by atoms with Crippen LogP contribution in [0.1, 0.15) is 0 Å². The van der Waals surface area contributed by atoms with Gasteiger partial charge in [0.1, 0.15) is 0 Å². The second-order valence-corrected chi connectivity index (χ2v) is 5.02. The van der Waals surface area contributed by atoms with Crippen LogP contribution >= 0.6 is 0 Å². The molecular weight excluding hydrogens is 258 g/mol. The zero-order chi connectivity index (χ0) is 14.2. The Morgan fingerprint density at radius 3 is 2.57 bits per heavy atom. The highest BCUT2D eigenvalue weighted by molar-refractivity contribution is 5.97. The lowest BCUT2D eigenvalue weighted by atomic mass is 10.1. The van der Waals surface area contributed by atoms with Gasteiger partial charge in [0.25, 0.3) is 0 Å². The average Bonchev–Trinajstić information content (AvgIpc) is 2.53. The predicted molar refractivity (Wildman–Crippen MR) is 87.7 cm³/mol. The number of hydrogen-bond donors (Lipinski definition) is 2. The summed E-state index contributed by atoms with van der Waals surface area (Å²) in [5.41, 5.74) is 12.1. The Bertz CT molecular complexity index is 797. The first kappa shape index (κ1) is 11.9. The van der Waals surface area contributed by atoms with Crippen LogP contribution in [0, 0.1) is 6.07 Å². The molecule has 101 valence electrons. The molecule has 0 bridgehead atoms. The van der Waals surface area contributed by atoms with E-state index in [9.17, 15) is 0 Å². The van der Waals surface area contributed by atoms with E-state index in [-0.39, 0.29) is 0 Å². The second kappa shape index (κ2) is 4.56. The molecule has 0 aliphatic carbocycles. The summed E-state index contributed by atoms with van der Waals surface area (Å²) in [5, 5.41) is 3.45. The molecule has 3 aromatic carbocycles. The fraction of sp³-hybridized carbons (Fsp3) is 0. The molecular formula is C18H14N3. The van der Waals surface area contributed by atoms with Crippen LogP contribution in [0.5, 0.6) is 0 Å². The number of para-hydroxylation sites is 1. The first-order valence-electron chi connectivity index (χ1n) is 6.85. The third-order valence-electron chi connectivity index (χ3n) is 3.63. The van der Waals surface area contributed by atoms with Crippen molar-refractivity contribution in [3.63, 3.8) is 0 Å². The van der Waals surface area contributed by atoms with Crippen LogP contribution in [0.2, 0.25) is 0 Å². The largest absolute Gasteiger partial charge is 0.399 e. The summed E-state index contributed by atoms with van der Waals surface area (Å²) in [5.74, 6) is 0. The van der Waals surface area contributed by atoms with Gasteiger partial charge in [0.2, 0.25) is 0 Å². The first-order chi connectivity index (χ1) is 10.3. The summed E-state index contributed by atoms with van der Waals surface area (Å²) >= 11 is 0. The van der Waals surface area contributed by atoms with Crippen molar-refractivity contribution in [3.8, 4) is 0 Å². The maximum atomic E-state index is 5.98. The summed E-state index contributed by atoms with van der Waals surface area (Å²) in [4.78, 5) is 2.20. The SMILES string of the molecule is Nc1ccc2c(c1)N(c1ccccc1)c1c[c]ccc1N2. The molecule has 0 saturated carbocycles. The molecule has 3 aromatic rings. The number of fused-ring (bicyclic) bond motifs is 2. The lowest BCUT2D eigenvalue weighted by Crippen LogP contribution is -2.17. The highest BCUT2D eigenvalue weighted by Gasteiger charge is 2.23. The van der Waals surface area contributed by atoms with Crippen LogP contribution in [0.3, 0.4) is 0 Å². The smallest absolute Gasteiger partial charge is 0.0718 e. The number of nitrogen functional groups attached to an aromatic ring is 1. The van der Waals surface area contributed by atoms with Crippen LogP contribution < -0.4 is 16.0 Å². The Morgan fingerprint density at radius 1 is 0.905 bits per heavy atom. The van der Waals surface area contributed by atoms with Gasteiger partial charge in [-0.1, -0.05) is 24.3 Å². The lowest BCUT2D eigenvalue weighted by Gasteiger charge is -2.34. The Balaban J connectivity index is 1.98. The molecule has 0 saturated heterocycles. The minimum Gasteiger partial charge on any atom is -0.399 e. The van der Waals surface area contributed by atoms with Crippen LogP contribution in [-0.2, 0) is 0 Å². The summed E-state index contributed by atoms with van der Waals surface area (Å²) in [6.45, 7) is 0. The van der Waals surface area contributed by atoms with Gasteiger partial charge in [-0.25, -0.2) is 0 Å². The van der Waals surface area contributed by atoms with E-state index in [0.29, 0.717) is 0 Å². The van der Waals surface area contributed by atoms with Gasteiger partial charge in [0.05, 0.1) is 22.7 Å². The zero-order valence-electron chi connectivity index (χ0n) is 11.4. The van der Waals surface area contributed by atoms with Crippen molar-refractivity contribution < 1.29 is 0 Å². The van der Waals surface area contributed by atoms with Crippen LogP contribution in [0.15, 0.2) is 66.7 Å². The topological polar surface area (TPSA) is 41.3 Å². The monoisotopic (exact) mass is 272 g/mol. The number of nitrogens with zero attached hydrogens (tertiary/aromatic N) is 1. The summed E-state index contributed by atoms with van der Waals surface area (Å²) < 4.78 is 0. The molecule has 21 heavy (non-hydrogen) atoms. The Labute approximate surface area is 123 Å². The fourth-order valence-corrected chi connectivity index (χ4v) is 2.68. The van der Waals surface area contributed by atoms with Crippen molar-refractivity contribution in [1.82, 2.24) is 0 Å². The van der Waals surface area contributed by atoms with Gasteiger partial charge >= 0.3 is 0 Å². The van der Waals surface area contributed by atoms with Crippen LogP contribution in [-0.4, -0.2) is 0 Å². The van der Waals surface area contributed by atoms with Crippen molar-refractivity contribution >= 4 is 34.1 Å². The highest BCUT2D eigenvalue weighted by atomic mass is 15.2. The zero-order valence-corrected chi connectivity index (χ0v) is 11.4. The van der Waals surface area contributed by atoms with Crippen molar-refractivity contribution in [2.24, 2.45) is 0 Å². The van der Waals surface area contributed by atoms with E-state index in [1.54, 1.807) is 0 Å². The molecule has 1 aliphatic heterocycles. The van der Waals surface area contributed by atoms with E-state index in [1.807, 2.05) is 54.6 Å². The molecule has 0 aromatic heterocycles. The minimum absolute atomic E-state index is 0.750. The molecule has 4 rings (SSSR count). The van der Waals surface area contributed by atoms with E-state index < -0.39 is 0 Å². The maximum Gasteiger partial charge on any atom is 0.0718 e. The first-order valence-corrected chi connectivity index (χ1v) is 6.85. The van der Waals surface area contributed by atoms with Gasteiger partial charge in [0, 0.05) is 11.4 Å². The number of benzene rings is 3. The van der Waals surface area contributed by atoms with Gasteiger partial charge in [-0.15, -0.1) is 0 Å². The summed E-state index contributed by atoms with van der Waals surface area (Å²) in [6, 6.07) is 25.3. The Morgan fingerprint density at radius 2 is 1.71 bits per heavy atom. The molecule has 1 aliphatic rings. The maximum absolute atomic E-state index is 5.98. The molecule has 3 heteroatoms. The number of anilines is 6. The van der Waals surface area contributed by atoms with Gasteiger partial charge in [-0.2, -0.15) is 0 Å². The Hall–Kier alpha value is -2.94. The molecule has 0 atom stereocenters. The van der Waals surface area contributed by atoms with Gasteiger partial charge in [0.15, 0.2) is 0 Å². The van der Waals surface area contributed by atoms with Crippen LogP contribution in [0.25, 0.3) is 0 Å². The van der Waals surface area contributed by atoms with Gasteiger partial charge < -0.3 is 16.0 Å². The third-order valence-corrected chi connectivity index (χ3v) is 3.63. The number of nitrogens with two attached hydrogens (primary N) is 1. The van der Waals surface area contributed by atoms with E-state index in [4.69, 9.17) is 5.73 Å². The van der Waals surface area contributed by atoms with E-state index in [1.165, 1.54) is 0 Å². The van der Waals surface area contributed by atoms with Crippen molar-refractivity contribution in [1.29, 1.82) is 0 Å². The third kappa shape index (κ3) is 1.91. The summed E-state index contributed by atoms with van der Waals surface area (Å²) in [6.07, 6.45) is 0. The van der Waals surface area contributed by atoms with E-state index in [0.717, 1.165) is 34.1 Å². The molecule has 1 heterocycles. The number of hydrogen-bond acceptors (Lipinski definition) is 3. The van der Waals surface area contributed by atoms with E-state index in [2.05, 4.69) is 28.4 Å². The minimum atomic E-state index is 0.750. The normalized spacial score (nSPS) is 12.3. The summed E-state index contributed by atoms with van der Waals surface area (Å²) in [7, 11) is 0. The molecule has 0 unspecified atom stereocenters. The highest BCUT2D eigenvalue weighted by Crippen LogP contribution is 2.47. The van der Waals surface area contributed by atoms with Crippen molar-refractivity contribution in [2.75, 3.05) is 16.0 Å². The molecule has 0 amide bonds.